The number of sulfonamides is 1. The van der Waals surface area contributed by atoms with Crippen molar-refractivity contribution < 1.29 is 39.6 Å². The van der Waals surface area contributed by atoms with Gasteiger partial charge in [0.05, 0.1) is 51.8 Å². The lowest BCUT2D eigenvalue weighted by Gasteiger charge is -2.36. The number of nitrogens with one attached hydrogen (secondary N) is 2. The molecular formula is C42H36ClF6N9O3S. The van der Waals surface area contributed by atoms with Gasteiger partial charge in [0, 0.05) is 42.3 Å². The Kier molecular flexibility index (Phi) is 9.92. The Bertz CT molecular complexity index is 2970. The van der Waals surface area contributed by atoms with Crippen molar-refractivity contribution >= 4 is 61.5 Å². The van der Waals surface area contributed by atoms with Gasteiger partial charge in [0.25, 0.3) is 12.3 Å². The number of nitrogens with zero attached hydrogens (tertiary/aromatic N) is 7. The predicted octanol–water partition coefficient (Wildman–Crippen LogP) is 8.38. The van der Waals surface area contributed by atoms with Gasteiger partial charge in [-0.2, -0.15) is 19.0 Å². The number of alkyl halides is 4. The van der Waals surface area contributed by atoms with Crippen LogP contribution in [0, 0.1) is 31.4 Å². The van der Waals surface area contributed by atoms with E-state index in [0.29, 0.717) is 44.5 Å². The molecule has 9 rings (SSSR count). The Hall–Kier alpha value is -5.95. The number of pyridine rings is 1. The highest BCUT2D eigenvalue weighted by atomic mass is 35.5. The van der Waals surface area contributed by atoms with Crippen molar-refractivity contribution in [2.75, 3.05) is 15.9 Å². The van der Waals surface area contributed by atoms with Crippen molar-refractivity contribution in [3.8, 4) is 11.3 Å². The van der Waals surface area contributed by atoms with Gasteiger partial charge in [-0.25, -0.2) is 31.0 Å². The Morgan fingerprint density at radius 1 is 1.02 bits per heavy atom. The Morgan fingerprint density at radius 2 is 1.76 bits per heavy atom. The number of aliphatic imine (C=N–C) groups is 1. The molecule has 1 saturated carbocycles. The molecule has 322 valence electrons. The van der Waals surface area contributed by atoms with E-state index in [4.69, 9.17) is 16.6 Å². The highest BCUT2D eigenvalue weighted by Crippen LogP contribution is 2.68. The zero-order valence-electron chi connectivity index (χ0n) is 33.3. The highest BCUT2D eigenvalue weighted by molar-refractivity contribution is 7.92. The maximum absolute atomic E-state index is 15.5. The molecule has 0 unspecified atom stereocenters. The summed E-state index contributed by atoms with van der Waals surface area (Å²) in [7, 11) is -2.27. The molecule has 12 nitrogen and oxygen atoms in total. The van der Waals surface area contributed by atoms with Crippen LogP contribution in [0.15, 0.2) is 65.7 Å². The number of fused-ring (bicyclic) bond motifs is 5. The Labute approximate surface area is 355 Å². The van der Waals surface area contributed by atoms with Gasteiger partial charge >= 0.3 is 0 Å². The van der Waals surface area contributed by atoms with Crippen molar-refractivity contribution in [2.45, 2.75) is 64.1 Å². The molecule has 0 radical (unpaired) electrons. The van der Waals surface area contributed by atoms with Crippen molar-refractivity contribution in [3.05, 3.63) is 117 Å². The molecule has 1 amide bonds. The third-order valence-electron chi connectivity index (χ3n) is 11.3. The number of hydrogen-bond donors (Lipinski definition) is 2. The summed E-state index contributed by atoms with van der Waals surface area (Å²) in [6, 6.07) is 14.1. The van der Waals surface area contributed by atoms with E-state index in [0.717, 1.165) is 29.6 Å². The van der Waals surface area contributed by atoms with E-state index < -0.39 is 75.7 Å². The van der Waals surface area contributed by atoms with Crippen LogP contribution in [0.4, 0.5) is 43.5 Å². The number of carbonyl (C=O) groups is 1. The first kappa shape index (κ1) is 41.4. The third kappa shape index (κ3) is 7.43. The Morgan fingerprint density at radius 3 is 2.45 bits per heavy atom. The van der Waals surface area contributed by atoms with Gasteiger partial charge in [-0.3, -0.25) is 23.9 Å². The van der Waals surface area contributed by atoms with Crippen LogP contribution in [0.1, 0.15) is 58.1 Å². The van der Waals surface area contributed by atoms with Crippen LogP contribution in [-0.4, -0.2) is 57.0 Å². The number of anilines is 2. The largest absolute Gasteiger partial charge is 0.344 e. The number of carbonyl (C=O) groups excluding carboxylic acids is 1. The molecule has 62 heavy (non-hydrogen) atoms. The standard InChI is InChI=1S/C42H36ClF6N9O3S/c1-19-9-20(2)50-29(10-19)22-5-6-23-17-57(32-8-7-28(43)35-37(32)56(3)54-40(35)55-62(4,60)61)41(52-30(23)14-22)31(13-21-11-24(44)15-25(45)12-21)51-33(59)18-58-38-34(36(53-58)39(46)47)26-16-27(26)42(38,48)49/h5-12,14-15,26-27,31,39H,13,16-18H2,1-4H3,(H,51,59)(H,54,55)/t26-,27+,31-/m0/s1. The van der Waals surface area contributed by atoms with Crippen molar-refractivity contribution in [3.63, 3.8) is 0 Å². The molecule has 2 N–H and O–H groups in total. The highest BCUT2D eigenvalue weighted by Gasteiger charge is 2.67. The molecule has 3 aromatic heterocycles. The lowest BCUT2D eigenvalue weighted by Crippen LogP contribution is -2.51. The van der Waals surface area contributed by atoms with E-state index in [-0.39, 0.29) is 52.6 Å². The fourth-order valence-corrected chi connectivity index (χ4v) is 9.54. The fraction of sp³-hybridized carbons (Fsp3) is 0.310. The summed E-state index contributed by atoms with van der Waals surface area (Å²) in [6.07, 6.45) is -2.48. The lowest BCUT2D eigenvalue weighted by molar-refractivity contribution is -0.122. The average Bonchev–Trinajstić information content (AvgIpc) is 3.71. The van der Waals surface area contributed by atoms with Crippen LogP contribution in [0.2, 0.25) is 5.02 Å². The summed E-state index contributed by atoms with van der Waals surface area (Å²) in [6.45, 7) is 2.97. The van der Waals surface area contributed by atoms with E-state index in [1.54, 1.807) is 24.1 Å². The molecule has 1 aliphatic heterocycles. The molecule has 0 saturated heterocycles. The molecule has 3 atom stereocenters. The van der Waals surface area contributed by atoms with Crippen LogP contribution in [0.5, 0.6) is 0 Å². The fourth-order valence-electron chi connectivity index (χ4n) is 8.81. The SMILES string of the molecule is Cc1cc(C)nc(-c2ccc3c(c2)N=C([C@H](Cc2cc(F)cc(F)c2)NC(=O)Cn2nc(C(F)F)c4c2C(F)(F)[C@@H]2C[C@H]42)N(c2ccc(Cl)c4c(NS(C)(=O)=O)nn(C)c24)C3)c1. The average molecular weight is 896 g/mol. The first-order chi connectivity index (χ1) is 29.2. The quantitative estimate of drug-likeness (QED) is 0.125. The minimum Gasteiger partial charge on any atom is -0.344 e. The molecule has 4 heterocycles. The molecule has 20 heteroatoms. The van der Waals surface area contributed by atoms with Gasteiger partial charge < -0.3 is 10.2 Å². The van der Waals surface area contributed by atoms with E-state index in [9.17, 15) is 30.8 Å². The minimum absolute atomic E-state index is 0.0305. The molecular weight excluding hydrogens is 860 g/mol. The monoisotopic (exact) mass is 895 g/mol. The number of rotatable bonds is 11. The van der Waals surface area contributed by atoms with Crippen LogP contribution >= 0.6 is 11.6 Å². The van der Waals surface area contributed by atoms with Gasteiger partial charge in [-0.15, -0.1) is 0 Å². The van der Waals surface area contributed by atoms with E-state index in [1.807, 2.05) is 38.1 Å². The van der Waals surface area contributed by atoms with Gasteiger partial charge in [-0.05, 0) is 85.3 Å². The van der Waals surface area contributed by atoms with Crippen LogP contribution in [-0.2, 0) is 47.3 Å². The normalized spacial score (nSPS) is 18.1. The second-order valence-electron chi connectivity index (χ2n) is 16.0. The van der Waals surface area contributed by atoms with Crippen LogP contribution in [0.25, 0.3) is 22.2 Å². The number of halogens is 7. The van der Waals surface area contributed by atoms with E-state index in [2.05, 4.69) is 25.2 Å². The number of benzene rings is 3. The zero-order chi connectivity index (χ0) is 44.2. The minimum atomic E-state index is -3.83. The van der Waals surface area contributed by atoms with Crippen molar-refractivity contribution in [1.29, 1.82) is 0 Å². The van der Waals surface area contributed by atoms with E-state index in [1.165, 1.54) is 10.7 Å². The third-order valence-corrected chi connectivity index (χ3v) is 12.2. The lowest BCUT2D eigenvalue weighted by atomic mass is 9.99. The second kappa shape index (κ2) is 14.9. The van der Waals surface area contributed by atoms with Crippen molar-refractivity contribution in [2.24, 2.45) is 18.0 Å². The van der Waals surface area contributed by atoms with Gasteiger partial charge in [0.1, 0.15) is 35.4 Å². The first-order valence-corrected chi connectivity index (χ1v) is 21.6. The molecule has 1 fully saturated rings. The van der Waals surface area contributed by atoms with Crippen LogP contribution in [0.3, 0.4) is 0 Å². The van der Waals surface area contributed by atoms with Gasteiger partial charge in [0.15, 0.2) is 5.82 Å². The summed E-state index contributed by atoms with van der Waals surface area (Å²) in [5, 5.41) is 11.4. The number of aryl methyl sites for hydroxylation is 3. The maximum atomic E-state index is 15.5. The molecule has 2 aliphatic carbocycles. The number of amides is 1. The molecule has 0 bridgehead atoms. The maximum Gasteiger partial charge on any atom is 0.293 e. The summed E-state index contributed by atoms with van der Waals surface area (Å²) < 4.78 is 118. The second-order valence-corrected chi connectivity index (χ2v) is 18.1. The molecule has 3 aliphatic rings. The first-order valence-electron chi connectivity index (χ1n) is 19.3. The zero-order valence-corrected chi connectivity index (χ0v) is 34.9. The van der Waals surface area contributed by atoms with Crippen LogP contribution < -0.4 is 14.9 Å². The molecule has 6 aromatic rings. The van der Waals surface area contributed by atoms with Crippen molar-refractivity contribution in [1.82, 2.24) is 29.9 Å². The summed E-state index contributed by atoms with van der Waals surface area (Å²) in [4.78, 5) is 25.7. The van der Waals surface area contributed by atoms with Gasteiger partial charge in [0.2, 0.25) is 15.9 Å². The summed E-state index contributed by atoms with van der Waals surface area (Å²) in [5.74, 6) is -8.16. The Balaban J connectivity index is 1.20. The van der Waals surface area contributed by atoms with Gasteiger partial charge in [-0.1, -0.05) is 23.7 Å². The van der Waals surface area contributed by atoms with E-state index >= 15 is 8.78 Å². The number of hydrogen-bond acceptors (Lipinski definition) is 8. The molecule has 3 aromatic carbocycles. The smallest absolute Gasteiger partial charge is 0.293 e. The number of aromatic nitrogens is 5. The summed E-state index contributed by atoms with van der Waals surface area (Å²) >= 11 is 6.69. The molecule has 0 spiro atoms. The topological polar surface area (TPSA) is 139 Å². The number of amidine groups is 1. The predicted molar refractivity (Wildman–Crippen MR) is 221 cm³/mol. The summed E-state index contributed by atoms with van der Waals surface area (Å²) in [5.41, 5.74) is 3.28.